The highest BCUT2D eigenvalue weighted by molar-refractivity contribution is 6.29. The summed E-state index contributed by atoms with van der Waals surface area (Å²) < 4.78 is 0. The van der Waals surface area contributed by atoms with E-state index in [-0.39, 0.29) is 11.6 Å². The predicted molar refractivity (Wildman–Crippen MR) is 82.4 cm³/mol. The van der Waals surface area contributed by atoms with Crippen LogP contribution in [0.2, 0.25) is 0 Å². The van der Waals surface area contributed by atoms with E-state index in [9.17, 15) is 14.7 Å². The highest BCUT2D eigenvalue weighted by Gasteiger charge is 2.36. The van der Waals surface area contributed by atoms with Crippen molar-refractivity contribution in [2.75, 3.05) is 0 Å². The Balaban J connectivity index is 1.98. The van der Waals surface area contributed by atoms with Crippen LogP contribution in [-0.2, 0) is 12.8 Å². The van der Waals surface area contributed by atoms with Crippen LogP contribution in [0.4, 0.5) is 0 Å². The van der Waals surface area contributed by atoms with Gasteiger partial charge < -0.3 is 5.11 Å². The van der Waals surface area contributed by atoms with Crippen LogP contribution in [0.5, 0.6) is 0 Å². The topological polar surface area (TPSA) is 54.4 Å². The highest BCUT2D eigenvalue weighted by atomic mass is 16.3. The molecule has 0 fully saturated rings. The van der Waals surface area contributed by atoms with Crippen molar-refractivity contribution in [1.29, 1.82) is 0 Å². The minimum atomic E-state index is -0.817. The SMILES string of the molecule is C[C@]1(O)CCc2ccc3c(c2C1)C(=O)c1ccccc1C3=O. The maximum Gasteiger partial charge on any atom is 0.194 e. The number of ketones is 2. The largest absolute Gasteiger partial charge is 0.390 e. The predicted octanol–water partition coefficient (Wildman–Crippen LogP) is 2.70. The molecule has 2 aromatic rings. The van der Waals surface area contributed by atoms with E-state index in [4.69, 9.17) is 0 Å². The lowest BCUT2D eigenvalue weighted by molar-refractivity contribution is 0.0455. The van der Waals surface area contributed by atoms with Gasteiger partial charge in [0.2, 0.25) is 0 Å². The van der Waals surface area contributed by atoms with E-state index in [2.05, 4.69) is 0 Å². The van der Waals surface area contributed by atoms with Gasteiger partial charge in [-0.15, -0.1) is 0 Å². The molecule has 3 heteroatoms. The molecule has 4 rings (SSSR count). The number of carbonyl (C=O) groups is 2. The Bertz CT molecular complexity index is 831. The lowest BCUT2D eigenvalue weighted by Crippen LogP contribution is -2.35. The molecule has 0 saturated heterocycles. The van der Waals surface area contributed by atoms with Gasteiger partial charge in [0.1, 0.15) is 0 Å². The van der Waals surface area contributed by atoms with E-state index in [1.54, 1.807) is 37.3 Å². The number of fused-ring (bicyclic) bond motifs is 4. The third-order valence-electron chi connectivity index (χ3n) is 4.79. The standard InChI is InChI=1S/C19H16O3/c1-19(22)9-8-11-6-7-14-16(15(11)10-19)18(21)13-5-3-2-4-12(13)17(14)20/h2-7,22H,8-10H2,1H3/t19-/m0/s1. The van der Waals surface area contributed by atoms with Gasteiger partial charge in [-0.25, -0.2) is 0 Å². The Labute approximate surface area is 128 Å². The summed E-state index contributed by atoms with van der Waals surface area (Å²) in [5, 5.41) is 10.4. The molecule has 0 aliphatic heterocycles. The average Bonchev–Trinajstić information content (AvgIpc) is 2.51. The highest BCUT2D eigenvalue weighted by Crippen LogP contribution is 2.36. The van der Waals surface area contributed by atoms with Crippen LogP contribution in [0.15, 0.2) is 36.4 Å². The number of hydrogen-bond acceptors (Lipinski definition) is 3. The second-order valence-corrected chi connectivity index (χ2v) is 6.50. The third-order valence-corrected chi connectivity index (χ3v) is 4.79. The van der Waals surface area contributed by atoms with Crippen LogP contribution in [0.3, 0.4) is 0 Å². The molecule has 2 aliphatic rings. The Kier molecular flexibility index (Phi) is 2.66. The van der Waals surface area contributed by atoms with Crippen LogP contribution < -0.4 is 0 Å². The van der Waals surface area contributed by atoms with E-state index in [0.717, 1.165) is 17.5 Å². The van der Waals surface area contributed by atoms with Crippen molar-refractivity contribution in [1.82, 2.24) is 0 Å². The third kappa shape index (κ3) is 1.79. The first-order valence-corrected chi connectivity index (χ1v) is 7.53. The molecule has 0 aromatic heterocycles. The molecule has 110 valence electrons. The summed E-state index contributed by atoms with van der Waals surface area (Å²) in [6.07, 6.45) is 1.84. The summed E-state index contributed by atoms with van der Waals surface area (Å²) in [6.45, 7) is 1.79. The molecule has 0 amide bonds. The maximum atomic E-state index is 12.9. The van der Waals surface area contributed by atoms with E-state index in [1.807, 2.05) is 6.07 Å². The number of rotatable bonds is 0. The van der Waals surface area contributed by atoms with Crippen LogP contribution in [0, 0.1) is 0 Å². The van der Waals surface area contributed by atoms with Gasteiger partial charge in [-0.1, -0.05) is 30.3 Å². The van der Waals surface area contributed by atoms with Crippen molar-refractivity contribution in [3.8, 4) is 0 Å². The minimum Gasteiger partial charge on any atom is -0.390 e. The Hall–Kier alpha value is -2.26. The normalized spacial score (nSPS) is 22.8. The quantitative estimate of drug-likeness (QED) is 0.693. The van der Waals surface area contributed by atoms with Crippen molar-refractivity contribution < 1.29 is 14.7 Å². The fourth-order valence-corrected chi connectivity index (χ4v) is 3.61. The number of aliphatic hydroxyl groups is 1. The van der Waals surface area contributed by atoms with Gasteiger partial charge in [0, 0.05) is 28.7 Å². The zero-order valence-corrected chi connectivity index (χ0v) is 12.3. The smallest absolute Gasteiger partial charge is 0.194 e. The van der Waals surface area contributed by atoms with Crippen LogP contribution >= 0.6 is 0 Å². The summed E-state index contributed by atoms with van der Waals surface area (Å²) in [6, 6.07) is 10.7. The van der Waals surface area contributed by atoms with Crippen molar-refractivity contribution in [3.63, 3.8) is 0 Å². The van der Waals surface area contributed by atoms with Crippen molar-refractivity contribution in [3.05, 3.63) is 69.8 Å². The van der Waals surface area contributed by atoms with Gasteiger partial charge in [0.15, 0.2) is 11.6 Å². The monoisotopic (exact) mass is 292 g/mol. The molecule has 0 unspecified atom stereocenters. The maximum absolute atomic E-state index is 12.9. The van der Waals surface area contributed by atoms with Crippen LogP contribution in [0.1, 0.15) is 56.3 Å². The number of aryl methyl sites for hydroxylation is 1. The second kappa shape index (κ2) is 4.37. The van der Waals surface area contributed by atoms with Gasteiger partial charge in [-0.2, -0.15) is 0 Å². The first kappa shape index (κ1) is 13.4. The van der Waals surface area contributed by atoms with Crippen molar-refractivity contribution in [2.45, 2.75) is 31.8 Å². The van der Waals surface area contributed by atoms with E-state index >= 15 is 0 Å². The second-order valence-electron chi connectivity index (χ2n) is 6.50. The molecule has 0 spiro atoms. The van der Waals surface area contributed by atoms with Crippen LogP contribution in [-0.4, -0.2) is 22.3 Å². The van der Waals surface area contributed by atoms with Gasteiger partial charge in [0.25, 0.3) is 0 Å². The first-order chi connectivity index (χ1) is 10.5. The fraction of sp³-hybridized carbons (Fsp3) is 0.263. The fourth-order valence-electron chi connectivity index (χ4n) is 3.61. The lowest BCUT2D eigenvalue weighted by atomic mass is 9.74. The molecule has 22 heavy (non-hydrogen) atoms. The molecular weight excluding hydrogens is 276 g/mol. The summed E-state index contributed by atoms with van der Waals surface area (Å²) >= 11 is 0. The molecule has 0 radical (unpaired) electrons. The number of carbonyl (C=O) groups excluding carboxylic acids is 2. The van der Waals surface area contributed by atoms with Crippen molar-refractivity contribution >= 4 is 11.6 Å². The summed E-state index contributed by atoms with van der Waals surface area (Å²) in [7, 11) is 0. The molecule has 1 N–H and O–H groups in total. The van der Waals surface area contributed by atoms with Crippen molar-refractivity contribution in [2.24, 2.45) is 0 Å². The Morgan fingerprint density at radius 3 is 2.36 bits per heavy atom. The number of hydrogen-bond donors (Lipinski definition) is 1. The zero-order valence-electron chi connectivity index (χ0n) is 12.3. The Morgan fingerprint density at radius 1 is 0.955 bits per heavy atom. The molecule has 1 atom stereocenters. The first-order valence-electron chi connectivity index (χ1n) is 7.53. The number of benzene rings is 2. The molecule has 0 heterocycles. The van der Waals surface area contributed by atoms with Gasteiger partial charge in [-0.05, 0) is 37.0 Å². The molecule has 2 aromatic carbocycles. The lowest BCUT2D eigenvalue weighted by Gasteiger charge is -2.32. The van der Waals surface area contributed by atoms with Crippen LogP contribution in [0.25, 0.3) is 0 Å². The van der Waals surface area contributed by atoms with E-state index in [0.29, 0.717) is 35.1 Å². The molecule has 0 bridgehead atoms. The Morgan fingerprint density at radius 2 is 1.64 bits per heavy atom. The minimum absolute atomic E-state index is 0.0975. The summed E-state index contributed by atoms with van der Waals surface area (Å²) in [5.74, 6) is -0.196. The van der Waals surface area contributed by atoms with Gasteiger partial charge in [0.05, 0.1) is 5.60 Å². The van der Waals surface area contributed by atoms with Gasteiger partial charge >= 0.3 is 0 Å². The summed E-state index contributed by atoms with van der Waals surface area (Å²) in [5.41, 5.74) is 3.03. The molecule has 0 saturated carbocycles. The van der Waals surface area contributed by atoms with E-state index < -0.39 is 5.60 Å². The molecule has 2 aliphatic carbocycles. The molecule has 3 nitrogen and oxygen atoms in total. The zero-order chi connectivity index (χ0) is 15.5. The summed E-state index contributed by atoms with van der Waals surface area (Å²) in [4.78, 5) is 25.6. The van der Waals surface area contributed by atoms with E-state index in [1.165, 1.54) is 0 Å². The molecular formula is C19H16O3. The average molecular weight is 292 g/mol. The van der Waals surface area contributed by atoms with Gasteiger partial charge in [-0.3, -0.25) is 9.59 Å².